The summed E-state index contributed by atoms with van der Waals surface area (Å²) in [5, 5.41) is 12.1. The second kappa shape index (κ2) is 5.18. The van der Waals surface area contributed by atoms with Crippen LogP contribution in [-0.4, -0.2) is 29.2 Å². The summed E-state index contributed by atoms with van der Waals surface area (Å²) in [7, 11) is 0. The predicted molar refractivity (Wildman–Crippen MR) is 75.3 cm³/mol. The SMILES string of the molecule is O=C(O)[C@@H]1[C@H](C(=O)Nc2ccccc2Br)[C@H]2CC[C@H]1O2. The van der Waals surface area contributed by atoms with Gasteiger partial charge in [-0.15, -0.1) is 0 Å². The van der Waals surface area contributed by atoms with Gasteiger partial charge in [-0.2, -0.15) is 0 Å². The van der Waals surface area contributed by atoms with Crippen molar-refractivity contribution in [3.05, 3.63) is 28.7 Å². The van der Waals surface area contributed by atoms with E-state index in [4.69, 9.17) is 4.74 Å². The van der Waals surface area contributed by atoms with Gasteiger partial charge in [0.1, 0.15) is 0 Å². The predicted octanol–water partition coefficient (Wildman–Crippen LogP) is 2.27. The lowest BCUT2D eigenvalue weighted by atomic mass is 9.78. The third-order valence-electron chi connectivity index (χ3n) is 3.99. The molecular formula is C14H14BrNO4. The van der Waals surface area contributed by atoms with E-state index in [0.29, 0.717) is 5.69 Å². The van der Waals surface area contributed by atoms with Crippen molar-refractivity contribution in [1.29, 1.82) is 0 Å². The summed E-state index contributed by atoms with van der Waals surface area (Å²) >= 11 is 3.36. The summed E-state index contributed by atoms with van der Waals surface area (Å²) in [6.07, 6.45) is 0.874. The quantitative estimate of drug-likeness (QED) is 0.885. The maximum atomic E-state index is 12.4. The minimum absolute atomic E-state index is 0.274. The first-order valence-electron chi connectivity index (χ1n) is 6.51. The molecule has 2 aliphatic heterocycles. The lowest BCUT2D eigenvalue weighted by molar-refractivity contribution is -0.147. The number of hydrogen-bond donors (Lipinski definition) is 2. The molecule has 3 rings (SSSR count). The van der Waals surface area contributed by atoms with E-state index < -0.39 is 17.8 Å². The number of benzene rings is 1. The first-order valence-corrected chi connectivity index (χ1v) is 7.31. The van der Waals surface area contributed by atoms with Gasteiger partial charge < -0.3 is 15.2 Å². The van der Waals surface area contributed by atoms with Gasteiger partial charge in [0.15, 0.2) is 0 Å². The molecule has 0 spiro atoms. The van der Waals surface area contributed by atoms with Gasteiger partial charge in [-0.25, -0.2) is 0 Å². The number of ether oxygens (including phenoxy) is 1. The average Bonchev–Trinajstić information content (AvgIpc) is 3.01. The molecule has 2 fully saturated rings. The number of para-hydroxylation sites is 1. The molecule has 2 aliphatic rings. The summed E-state index contributed by atoms with van der Waals surface area (Å²) in [4.78, 5) is 23.8. The van der Waals surface area contributed by atoms with Crippen LogP contribution in [0.1, 0.15) is 12.8 Å². The molecule has 2 N–H and O–H groups in total. The van der Waals surface area contributed by atoms with Crippen LogP contribution in [0.25, 0.3) is 0 Å². The van der Waals surface area contributed by atoms with Crippen molar-refractivity contribution in [2.45, 2.75) is 25.0 Å². The molecule has 20 heavy (non-hydrogen) atoms. The molecule has 1 amide bonds. The van der Waals surface area contributed by atoms with Crippen molar-refractivity contribution in [1.82, 2.24) is 0 Å². The topological polar surface area (TPSA) is 75.6 Å². The summed E-state index contributed by atoms with van der Waals surface area (Å²) in [5.41, 5.74) is 0.643. The van der Waals surface area contributed by atoms with E-state index in [-0.39, 0.29) is 18.1 Å². The van der Waals surface area contributed by atoms with E-state index in [1.807, 2.05) is 18.2 Å². The number of amides is 1. The van der Waals surface area contributed by atoms with E-state index in [1.54, 1.807) is 6.07 Å². The first kappa shape index (κ1) is 13.6. The summed E-state index contributed by atoms with van der Waals surface area (Å²) < 4.78 is 6.36. The highest BCUT2D eigenvalue weighted by Gasteiger charge is 2.55. The molecule has 2 bridgehead atoms. The standard InChI is InChI=1S/C14H14BrNO4/c15-7-3-1-2-4-8(7)16-13(17)11-9-5-6-10(20-9)12(11)14(18)19/h1-4,9-12H,5-6H2,(H,16,17)(H,18,19)/t9-,10-,11-,12+/m1/s1. The molecule has 6 heteroatoms. The molecule has 5 nitrogen and oxygen atoms in total. The number of rotatable bonds is 3. The largest absolute Gasteiger partial charge is 0.481 e. The zero-order valence-electron chi connectivity index (χ0n) is 10.6. The van der Waals surface area contributed by atoms with Gasteiger partial charge in [-0.1, -0.05) is 12.1 Å². The fraction of sp³-hybridized carbons (Fsp3) is 0.429. The smallest absolute Gasteiger partial charge is 0.310 e. The molecule has 4 atom stereocenters. The maximum absolute atomic E-state index is 12.4. The number of carbonyl (C=O) groups excluding carboxylic acids is 1. The maximum Gasteiger partial charge on any atom is 0.310 e. The minimum Gasteiger partial charge on any atom is -0.481 e. The number of carboxylic acids is 1. The third-order valence-corrected chi connectivity index (χ3v) is 4.68. The van der Waals surface area contributed by atoms with Crippen LogP contribution in [0, 0.1) is 11.8 Å². The molecule has 0 radical (unpaired) electrons. The van der Waals surface area contributed by atoms with Crippen molar-refractivity contribution in [2.75, 3.05) is 5.32 Å². The molecule has 1 aromatic carbocycles. The van der Waals surface area contributed by atoms with Crippen molar-refractivity contribution < 1.29 is 19.4 Å². The fourth-order valence-electron chi connectivity index (χ4n) is 3.10. The van der Waals surface area contributed by atoms with Gasteiger partial charge in [0.25, 0.3) is 0 Å². The highest BCUT2D eigenvalue weighted by atomic mass is 79.9. The Hall–Kier alpha value is -1.40. The van der Waals surface area contributed by atoms with Crippen molar-refractivity contribution >= 4 is 33.5 Å². The van der Waals surface area contributed by atoms with Crippen LogP contribution < -0.4 is 5.32 Å². The number of carbonyl (C=O) groups is 2. The Bertz CT molecular complexity index is 562. The van der Waals surface area contributed by atoms with Crippen molar-refractivity contribution in [3.63, 3.8) is 0 Å². The van der Waals surface area contributed by atoms with Gasteiger partial charge in [-0.3, -0.25) is 9.59 Å². The van der Waals surface area contributed by atoms with Gasteiger partial charge in [0.2, 0.25) is 5.91 Å². The molecule has 0 unspecified atom stereocenters. The third kappa shape index (κ3) is 2.23. The highest BCUT2D eigenvalue weighted by molar-refractivity contribution is 9.10. The van der Waals surface area contributed by atoms with Crippen LogP contribution in [-0.2, 0) is 14.3 Å². The van der Waals surface area contributed by atoms with Gasteiger partial charge >= 0.3 is 5.97 Å². The normalized spacial score (nSPS) is 31.2. The van der Waals surface area contributed by atoms with Crippen LogP contribution in [0.4, 0.5) is 5.69 Å². The number of nitrogens with one attached hydrogen (secondary N) is 1. The van der Waals surface area contributed by atoms with E-state index >= 15 is 0 Å². The summed E-state index contributed by atoms with van der Waals surface area (Å²) in [5.74, 6) is -2.59. The first-order chi connectivity index (χ1) is 9.58. The molecule has 0 aromatic heterocycles. The monoisotopic (exact) mass is 339 g/mol. The lowest BCUT2D eigenvalue weighted by Gasteiger charge is -2.24. The molecule has 2 saturated heterocycles. The average molecular weight is 340 g/mol. The summed E-state index contributed by atoms with van der Waals surface area (Å²) in [6.45, 7) is 0. The summed E-state index contributed by atoms with van der Waals surface area (Å²) in [6, 6.07) is 7.25. The number of hydrogen-bond acceptors (Lipinski definition) is 3. The molecule has 106 valence electrons. The molecular weight excluding hydrogens is 326 g/mol. The Kier molecular flexibility index (Phi) is 3.52. The second-order valence-electron chi connectivity index (χ2n) is 5.15. The Morgan fingerprint density at radius 2 is 1.85 bits per heavy atom. The number of anilines is 1. The van der Waals surface area contributed by atoms with Crippen LogP contribution in [0.3, 0.4) is 0 Å². The zero-order valence-corrected chi connectivity index (χ0v) is 12.2. The van der Waals surface area contributed by atoms with E-state index in [0.717, 1.165) is 17.3 Å². The lowest BCUT2D eigenvalue weighted by Crippen LogP contribution is -2.41. The highest BCUT2D eigenvalue weighted by Crippen LogP contribution is 2.44. The van der Waals surface area contributed by atoms with Gasteiger partial charge in [0.05, 0.1) is 29.7 Å². The number of carboxylic acid groups (broad SMARTS) is 1. The Labute approximate surface area is 124 Å². The van der Waals surface area contributed by atoms with Gasteiger partial charge in [0, 0.05) is 4.47 Å². The Morgan fingerprint density at radius 3 is 2.50 bits per heavy atom. The molecule has 1 aromatic rings. The number of fused-ring (bicyclic) bond motifs is 2. The Balaban J connectivity index is 1.80. The van der Waals surface area contributed by atoms with Crippen molar-refractivity contribution in [2.24, 2.45) is 11.8 Å². The number of aliphatic carboxylic acids is 1. The zero-order chi connectivity index (χ0) is 14.3. The van der Waals surface area contributed by atoms with Crippen LogP contribution in [0.5, 0.6) is 0 Å². The Morgan fingerprint density at radius 1 is 1.20 bits per heavy atom. The minimum atomic E-state index is -0.954. The van der Waals surface area contributed by atoms with Crippen molar-refractivity contribution in [3.8, 4) is 0 Å². The van der Waals surface area contributed by atoms with Crippen LogP contribution >= 0.6 is 15.9 Å². The van der Waals surface area contributed by atoms with E-state index in [2.05, 4.69) is 21.2 Å². The van der Waals surface area contributed by atoms with Gasteiger partial charge in [-0.05, 0) is 40.9 Å². The molecule has 2 heterocycles. The van der Waals surface area contributed by atoms with E-state index in [9.17, 15) is 14.7 Å². The van der Waals surface area contributed by atoms with Crippen LogP contribution in [0.15, 0.2) is 28.7 Å². The molecule has 0 aliphatic carbocycles. The fourth-order valence-corrected chi connectivity index (χ4v) is 3.49. The van der Waals surface area contributed by atoms with Crippen LogP contribution in [0.2, 0.25) is 0 Å². The van der Waals surface area contributed by atoms with E-state index in [1.165, 1.54) is 0 Å². The molecule has 0 saturated carbocycles. The number of halogens is 1. The second-order valence-corrected chi connectivity index (χ2v) is 6.00.